The van der Waals surface area contributed by atoms with Crippen LogP contribution in [0.4, 0.5) is 0 Å². The van der Waals surface area contributed by atoms with Crippen LogP contribution in [0.2, 0.25) is 0 Å². The molecule has 0 aromatic rings. The van der Waals surface area contributed by atoms with Crippen molar-refractivity contribution in [2.75, 3.05) is 13.1 Å². The summed E-state index contributed by atoms with van der Waals surface area (Å²) in [4.78, 5) is 14.9. The average molecular weight is 304 g/mol. The highest BCUT2D eigenvalue weighted by Gasteiger charge is 2.43. The zero-order valence-corrected chi connectivity index (χ0v) is 14.7. The molecule has 3 nitrogen and oxygen atoms in total. The Morgan fingerprint density at radius 2 is 1.59 bits per heavy atom. The summed E-state index contributed by atoms with van der Waals surface area (Å²) in [5.41, 5.74) is 2.77. The lowest BCUT2D eigenvalue weighted by atomic mass is 9.74. The summed E-state index contributed by atoms with van der Waals surface area (Å²) < 4.78 is 0. The second-order valence-electron chi connectivity index (χ2n) is 8.17. The quantitative estimate of drug-likeness (QED) is 0.810. The van der Waals surface area contributed by atoms with E-state index in [2.05, 4.69) is 37.9 Å². The Bertz CT molecular complexity index is 442. The molecule has 22 heavy (non-hydrogen) atoms. The Morgan fingerprint density at radius 3 is 2.00 bits per heavy atom. The Balaban J connectivity index is 1.63. The Labute approximate surface area is 135 Å². The number of hydrogen-bond donors (Lipinski definition) is 1. The van der Waals surface area contributed by atoms with Gasteiger partial charge in [0, 0.05) is 18.8 Å². The van der Waals surface area contributed by atoms with E-state index in [1.165, 1.54) is 43.4 Å². The van der Waals surface area contributed by atoms with Gasteiger partial charge in [-0.05, 0) is 61.3 Å². The zero-order chi connectivity index (χ0) is 15.9. The van der Waals surface area contributed by atoms with E-state index in [0.29, 0.717) is 17.7 Å². The summed E-state index contributed by atoms with van der Waals surface area (Å²) in [7, 11) is 0. The molecule has 3 aliphatic rings. The van der Waals surface area contributed by atoms with Crippen molar-refractivity contribution < 1.29 is 4.79 Å². The minimum Gasteiger partial charge on any atom is -0.370 e. The third-order valence-electron chi connectivity index (χ3n) is 6.13. The molecule has 1 amide bonds. The van der Waals surface area contributed by atoms with Crippen LogP contribution in [0.25, 0.3) is 0 Å². The van der Waals surface area contributed by atoms with Crippen LogP contribution in [0.1, 0.15) is 59.8 Å². The number of rotatable bonds is 3. The SMILES string of the molecule is CC(C)C1CCN(C(=O)[C@@H]2NC2=C2CCC2)CCC1C(C)C. The van der Waals surface area contributed by atoms with Crippen LogP contribution in [-0.4, -0.2) is 29.9 Å². The summed E-state index contributed by atoms with van der Waals surface area (Å²) in [6, 6.07) is 0.0309. The fourth-order valence-electron chi connectivity index (χ4n) is 4.44. The topological polar surface area (TPSA) is 42.2 Å². The van der Waals surface area contributed by atoms with Crippen molar-refractivity contribution in [3.05, 3.63) is 11.3 Å². The van der Waals surface area contributed by atoms with Gasteiger partial charge in [-0.15, -0.1) is 0 Å². The van der Waals surface area contributed by atoms with Gasteiger partial charge in [-0.3, -0.25) is 4.79 Å². The largest absolute Gasteiger partial charge is 0.370 e. The second kappa shape index (κ2) is 6.25. The molecule has 2 aliphatic heterocycles. The summed E-state index contributed by atoms with van der Waals surface area (Å²) in [6.07, 6.45) is 6.06. The van der Waals surface area contributed by atoms with Crippen molar-refractivity contribution in [1.29, 1.82) is 0 Å². The third kappa shape index (κ3) is 3.04. The lowest BCUT2D eigenvalue weighted by molar-refractivity contribution is -0.130. The molecular formula is C19H32N2O. The van der Waals surface area contributed by atoms with Gasteiger partial charge >= 0.3 is 0 Å². The number of likely N-dealkylation sites (tertiary alicyclic amines) is 1. The molecule has 3 rings (SSSR count). The first-order chi connectivity index (χ1) is 10.5. The molecule has 1 N–H and O–H groups in total. The number of allylic oxidation sites excluding steroid dienone is 1. The summed E-state index contributed by atoms with van der Waals surface area (Å²) in [6.45, 7) is 11.3. The fraction of sp³-hybridized carbons (Fsp3) is 0.842. The minimum absolute atomic E-state index is 0.0309. The molecule has 1 aliphatic carbocycles. The van der Waals surface area contributed by atoms with E-state index < -0.39 is 0 Å². The van der Waals surface area contributed by atoms with Gasteiger partial charge in [-0.25, -0.2) is 0 Å². The van der Waals surface area contributed by atoms with Crippen LogP contribution in [-0.2, 0) is 4.79 Å². The standard InChI is InChI=1S/C19H32N2O/c1-12(2)15-8-10-21(11-9-16(15)13(3)4)19(22)18-17(20-18)14-6-5-7-14/h12-13,15-16,18,20H,5-11H2,1-4H3/t15?,16?,18-/m1/s1. The normalized spacial score (nSPS) is 31.9. The van der Waals surface area contributed by atoms with E-state index in [9.17, 15) is 4.79 Å². The van der Waals surface area contributed by atoms with E-state index in [0.717, 1.165) is 24.9 Å². The number of amides is 1. The van der Waals surface area contributed by atoms with Crippen LogP contribution >= 0.6 is 0 Å². The lowest BCUT2D eigenvalue weighted by Gasteiger charge is -2.30. The minimum atomic E-state index is 0.0309. The zero-order valence-electron chi connectivity index (χ0n) is 14.7. The molecule has 1 saturated carbocycles. The maximum atomic E-state index is 12.8. The lowest BCUT2D eigenvalue weighted by Crippen LogP contribution is -2.36. The number of carbonyl (C=O) groups excluding carboxylic acids is 1. The monoisotopic (exact) mass is 304 g/mol. The smallest absolute Gasteiger partial charge is 0.251 e. The van der Waals surface area contributed by atoms with E-state index in [1.807, 2.05) is 0 Å². The van der Waals surface area contributed by atoms with Gasteiger partial charge < -0.3 is 10.2 Å². The first-order valence-corrected chi connectivity index (χ1v) is 9.26. The van der Waals surface area contributed by atoms with E-state index in [-0.39, 0.29) is 6.04 Å². The predicted octanol–water partition coefficient (Wildman–Crippen LogP) is 3.56. The van der Waals surface area contributed by atoms with E-state index in [4.69, 9.17) is 0 Å². The summed E-state index contributed by atoms with van der Waals surface area (Å²) >= 11 is 0. The van der Waals surface area contributed by atoms with Gasteiger partial charge in [0.2, 0.25) is 0 Å². The maximum absolute atomic E-state index is 12.8. The molecule has 124 valence electrons. The number of carbonyl (C=O) groups is 1. The van der Waals surface area contributed by atoms with Crippen LogP contribution in [0.15, 0.2) is 11.3 Å². The molecule has 0 radical (unpaired) electrons. The highest BCUT2D eigenvalue weighted by atomic mass is 16.2. The Morgan fingerprint density at radius 1 is 1.05 bits per heavy atom. The van der Waals surface area contributed by atoms with Gasteiger partial charge in [0.05, 0.1) is 0 Å². The Hall–Kier alpha value is -0.990. The molecule has 0 bridgehead atoms. The number of nitrogens with zero attached hydrogens (tertiary/aromatic N) is 1. The molecule has 3 atom stereocenters. The van der Waals surface area contributed by atoms with E-state index >= 15 is 0 Å². The first-order valence-electron chi connectivity index (χ1n) is 9.26. The summed E-state index contributed by atoms with van der Waals surface area (Å²) in [5.74, 6) is 3.29. The van der Waals surface area contributed by atoms with Crippen molar-refractivity contribution in [3.8, 4) is 0 Å². The highest BCUT2D eigenvalue weighted by Crippen LogP contribution is 2.37. The maximum Gasteiger partial charge on any atom is 0.251 e. The Kier molecular flexibility index (Phi) is 4.52. The molecule has 0 aromatic carbocycles. The molecule has 3 heteroatoms. The fourth-order valence-corrected chi connectivity index (χ4v) is 4.44. The number of hydrogen-bond acceptors (Lipinski definition) is 2. The molecule has 2 saturated heterocycles. The highest BCUT2D eigenvalue weighted by molar-refractivity contribution is 5.89. The molecule has 0 spiro atoms. The predicted molar refractivity (Wildman–Crippen MR) is 90.3 cm³/mol. The van der Waals surface area contributed by atoms with E-state index in [1.54, 1.807) is 0 Å². The molecule has 2 unspecified atom stereocenters. The van der Waals surface area contributed by atoms with Gasteiger partial charge in [0.25, 0.3) is 5.91 Å². The van der Waals surface area contributed by atoms with Crippen molar-refractivity contribution in [2.24, 2.45) is 23.7 Å². The molecule has 3 fully saturated rings. The van der Waals surface area contributed by atoms with Gasteiger partial charge in [-0.1, -0.05) is 27.7 Å². The molecule has 0 aromatic heterocycles. The van der Waals surface area contributed by atoms with Crippen LogP contribution in [0.5, 0.6) is 0 Å². The average Bonchev–Trinajstić information content (AvgIpc) is 3.17. The molecule has 2 heterocycles. The van der Waals surface area contributed by atoms with Crippen molar-refractivity contribution in [2.45, 2.75) is 65.8 Å². The first kappa shape index (κ1) is 15.9. The van der Waals surface area contributed by atoms with Crippen LogP contribution < -0.4 is 5.32 Å². The second-order valence-corrected chi connectivity index (χ2v) is 8.17. The van der Waals surface area contributed by atoms with Crippen LogP contribution in [0, 0.1) is 23.7 Å². The van der Waals surface area contributed by atoms with Crippen LogP contribution in [0.3, 0.4) is 0 Å². The number of nitrogens with one attached hydrogen (secondary N) is 1. The van der Waals surface area contributed by atoms with Crippen molar-refractivity contribution in [1.82, 2.24) is 10.2 Å². The van der Waals surface area contributed by atoms with Crippen molar-refractivity contribution >= 4 is 5.91 Å². The molecular weight excluding hydrogens is 272 g/mol. The van der Waals surface area contributed by atoms with Crippen molar-refractivity contribution in [3.63, 3.8) is 0 Å². The van der Waals surface area contributed by atoms with Gasteiger partial charge in [0.15, 0.2) is 0 Å². The summed E-state index contributed by atoms with van der Waals surface area (Å²) in [5, 5.41) is 3.34. The van der Waals surface area contributed by atoms with Gasteiger partial charge in [0.1, 0.15) is 6.04 Å². The third-order valence-corrected chi connectivity index (χ3v) is 6.13. The van der Waals surface area contributed by atoms with Gasteiger partial charge in [-0.2, -0.15) is 0 Å².